The van der Waals surface area contributed by atoms with Crippen molar-refractivity contribution in [2.24, 2.45) is 0 Å². The Morgan fingerprint density at radius 1 is 1.43 bits per heavy atom. The second kappa shape index (κ2) is 5.93. The molecule has 1 aliphatic rings. The SMILES string of the molecule is COC(=O)c1c(NC2CCNCC2)nn(C(C)(C)C)c1N. The van der Waals surface area contributed by atoms with Crippen molar-refractivity contribution in [3.8, 4) is 0 Å². The molecule has 0 saturated carbocycles. The lowest BCUT2D eigenvalue weighted by Gasteiger charge is -2.24. The van der Waals surface area contributed by atoms with Crippen LogP contribution in [0.4, 0.5) is 11.6 Å². The standard InChI is InChI=1S/C14H25N5O2/c1-14(2,3)19-11(15)10(13(20)21-4)12(18-19)17-9-5-7-16-8-6-9/h9,16H,5-8,15H2,1-4H3,(H,17,18). The Morgan fingerprint density at radius 2 is 2.05 bits per heavy atom. The molecule has 4 N–H and O–H groups in total. The van der Waals surface area contributed by atoms with E-state index in [1.165, 1.54) is 7.11 Å². The summed E-state index contributed by atoms with van der Waals surface area (Å²) in [7, 11) is 1.35. The Bertz CT molecular complexity index is 512. The smallest absolute Gasteiger partial charge is 0.345 e. The molecule has 2 heterocycles. The van der Waals surface area contributed by atoms with Gasteiger partial charge in [0.1, 0.15) is 11.4 Å². The number of nitrogens with one attached hydrogen (secondary N) is 2. The van der Waals surface area contributed by atoms with E-state index in [4.69, 9.17) is 10.5 Å². The molecule has 0 aromatic carbocycles. The second-order valence-corrected chi connectivity index (χ2v) is 6.35. The summed E-state index contributed by atoms with van der Waals surface area (Å²) >= 11 is 0. The van der Waals surface area contributed by atoms with E-state index in [2.05, 4.69) is 15.7 Å². The van der Waals surface area contributed by atoms with Crippen LogP contribution in [0.5, 0.6) is 0 Å². The molecule has 1 aliphatic heterocycles. The second-order valence-electron chi connectivity index (χ2n) is 6.35. The van der Waals surface area contributed by atoms with E-state index in [0.717, 1.165) is 25.9 Å². The zero-order chi connectivity index (χ0) is 15.6. The first-order valence-corrected chi connectivity index (χ1v) is 7.29. The average Bonchev–Trinajstić information content (AvgIpc) is 2.76. The fourth-order valence-electron chi connectivity index (χ4n) is 2.51. The zero-order valence-electron chi connectivity index (χ0n) is 13.2. The van der Waals surface area contributed by atoms with Crippen LogP contribution in [0.25, 0.3) is 0 Å². The average molecular weight is 295 g/mol. The minimum Gasteiger partial charge on any atom is -0.465 e. The lowest BCUT2D eigenvalue weighted by atomic mass is 10.1. The number of aromatic nitrogens is 2. The topological polar surface area (TPSA) is 94.2 Å². The molecule has 118 valence electrons. The van der Waals surface area contributed by atoms with Crippen molar-refractivity contribution >= 4 is 17.6 Å². The van der Waals surface area contributed by atoms with Crippen LogP contribution in [0.3, 0.4) is 0 Å². The Morgan fingerprint density at radius 3 is 2.57 bits per heavy atom. The number of methoxy groups -OCH3 is 1. The molecule has 2 rings (SSSR count). The van der Waals surface area contributed by atoms with Gasteiger partial charge in [-0.1, -0.05) is 0 Å². The molecule has 7 nitrogen and oxygen atoms in total. The molecule has 0 unspecified atom stereocenters. The summed E-state index contributed by atoms with van der Waals surface area (Å²) in [5.41, 5.74) is 6.14. The molecule has 0 atom stereocenters. The van der Waals surface area contributed by atoms with Gasteiger partial charge in [0.25, 0.3) is 0 Å². The first-order chi connectivity index (χ1) is 9.84. The van der Waals surface area contributed by atoms with E-state index in [0.29, 0.717) is 17.2 Å². The van der Waals surface area contributed by atoms with Crippen LogP contribution in [0, 0.1) is 0 Å². The zero-order valence-corrected chi connectivity index (χ0v) is 13.2. The molecule has 1 aromatic heterocycles. The third kappa shape index (κ3) is 3.29. The van der Waals surface area contributed by atoms with Crippen molar-refractivity contribution in [2.45, 2.75) is 45.2 Å². The van der Waals surface area contributed by atoms with Gasteiger partial charge in [0, 0.05) is 6.04 Å². The monoisotopic (exact) mass is 295 g/mol. The van der Waals surface area contributed by atoms with Gasteiger partial charge in [-0.05, 0) is 46.7 Å². The number of carbonyl (C=O) groups excluding carboxylic acids is 1. The van der Waals surface area contributed by atoms with E-state index in [9.17, 15) is 4.79 Å². The number of hydrogen-bond donors (Lipinski definition) is 3. The van der Waals surface area contributed by atoms with Crippen molar-refractivity contribution in [1.82, 2.24) is 15.1 Å². The fraction of sp³-hybridized carbons (Fsp3) is 0.714. The Labute approximate surface area is 125 Å². The van der Waals surface area contributed by atoms with Crippen LogP contribution < -0.4 is 16.4 Å². The minimum atomic E-state index is -0.459. The molecule has 0 spiro atoms. The highest BCUT2D eigenvalue weighted by Gasteiger charge is 2.29. The van der Waals surface area contributed by atoms with E-state index in [-0.39, 0.29) is 11.6 Å². The van der Waals surface area contributed by atoms with Gasteiger partial charge in [0.2, 0.25) is 0 Å². The van der Waals surface area contributed by atoms with E-state index >= 15 is 0 Å². The third-order valence-corrected chi connectivity index (χ3v) is 3.63. The van der Waals surface area contributed by atoms with E-state index in [1.54, 1.807) is 4.68 Å². The Kier molecular flexibility index (Phi) is 4.41. The summed E-state index contributed by atoms with van der Waals surface area (Å²) in [5, 5.41) is 11.2. The van der Waals surface area contributed by atoms with Crippen LogP contribution in [0.2, 0.25) is 0 Å². The van der Waals surface area contributed by atoms with Gasteiger partial charge >= 0.3 is 5.97 Å². The van der Waals surface area contributed by atoms with Crippen molar-refractivity contribution in [2.75, 3.05) is 31.2 Å². The largest absolute Gasteiger partial charge is 0.465 e. The van der Waals surface area contributed by atoms with Gasteiger partial charge in [0.15, 0.2) is 5.82 Å². The first kappa shape index (κ1) is 15.6. The minimum absolute atomic E-state index is 0.289. The van der Waals surface area contributed by atoms with Gasteiger partial charge in [-0.2, -0.15) is 5.10 Å². The number of nitrogen functional groups attached to an aromatic ring is 1. The fourth-order valence-corrected chi connectivity index (χ4v) is 2.51. The van der Waals surface area contributed by atoms with Crippen LogP contribution in [0.15, 0.2) is 0 Å². The molecule has 1 fully saturated rings. The Balaban J connectivity index is 2.35. The number of esters is 1. The summed E-state index contributed by atoms with van der Waals surface area (Å²) in [6.07, 6.45) is 1.98. The highest BCUT2D eigenvalue weighted by molar-refractivity contribution is 5.99. The molecule has 7 heteroatoms. The van der Waals surface area contributed by atoms with Crippen molar-refractivity contribution in [1.29, 1.82) is 0 Å². The van der Waals surface area contributed by atoms with Gasteiger partial charge in [0.05, 0.1) is 12.6 Å². The van der Waals surface area contributed by atoms with Crippen LogP contribution in [0.1, 0.15) is 44.0 Å². The van der Waals surface area contributed by atoms with Gasteiger partial charge in [-0.15, -0.1) is 0 Å². The summed E-state index contributed by atoms with van der Waals surface area (Å²) in [6, 6.07) is 0.289. The number of nitrogens with two attached hydrogens (primary N) is 1. The number of hydrogen-bond acceptors (Lipinski definition) is 6. The summed E-state index contributed by atoms with van der Waals surface area (Å²) in [5.74, 6) is 0.395. The predicted molar refractivity (Wildman–Crippen MR) is 82.5 cm³/mol. The summed E-state index contributed by atoms with van der Waals surface area (Å²) in [6.45, 7) is 7.89. The maximum atomic E-state index is 12.0. The molecule has 1 aromatic rings. The van der Waals surface area contributed by atoms with Gasteiger partial charge in [-0.25, -0.2) is 9.48 Å². The van der Waals surface area contributed by atoms with Crippen LogP contribution in [-0.4, -0.2) is 42.0 Å². The molecule has 21 heavy (non-hydrogen) atoms. The van der Waals surface area contributed by atoms with Crippen molar-refractivity contribution < 1.29 is 9.53 Å². The molecule has 0 amide bonds. The van der Waals surface area contributed by atoms with E-state index < -0.39 is 5.97 Å². The highest BCUT2D eigenvalue weighted by atomic mass is 16.5. The first-order valence-electron chi connectivity index (χ1n) is 7.29. The number of nitrogens with zero attached hydrogens (tertiary/aromatic N) is 2. The number of ether oxygens (including phenoxy) is 1. The molecular formula is C14H25N5O2. The molecule has 0 aliphatic carbocycles. The van der Waals surface area contributed by atoms with Crippen molar-refractivity contribution in [3.63, 3.8) is 0 Å². The van der Waals surface area contributed by atoms with Crippen molar-refractivity contribution in [3.05, 3.63) is 5.56 Å². The molecule has 0 radical (unpaired) electrons. The van der Waals surface area contributed by atoms with Gasteiger partial charge < -0.3 is 21.1 Å². The normalized spacial score (nSPS) is 16.8. The van der Waals surface area contributed by atoms with E-state index in [1.807, 2.05) is 20.8 Å². The maximum absolute atomic E-state index is 12.0. The summed E-state index contributed by atoms with van der Waals surface area (Å²) < 4.78 is 6.52. The molecular weight excluding hydrogens is 270 g/mol. The quantitative estimate of drug-likeness (QED) is 0.725. The number of carbonyl (C=O) groups is 1. The summed E-state index contributed by atoms with van der Waals surface area (Å²) in [4.78, 5) is 12.0. The Hall–Kier alpha value is -1.76. The number of piperidine rings is 1. The lowest BCUT2D eigenvalue weighted by molar-refractivity contribution is 0.0603. The number of anilines is 2. The molecule has 1 saturated heterocycles. The van der Waals surface area contributed by atoms with Crippen LogP contribution in [-0.2, 0) is 10.3 Å². The lowest BCUT2D eigenvalue weighted by Crippen LogP contribution is -2.35. The number of rotatable bonds is 3. The predicted octanol–water partition coefficient (Wildman–Crippen LogP) is 1.17. The van der Waals surface area contributed by atoms with Crippen LogP contribution >= 0.6 is 0 Å². The van der Waals surface area contributed by atoms with Gasteiger partial charge in [-0.3, -0.25) is 0 Å². The third-order valence-electron chi connectivity index (χ3n) is 3.63. The molecule has 0 bridgehead atoms. The highest BCUT2D eigenvalue weighted by Crippen LogP contribution is 2.29. The maximum Gasteiger partial charge on any atom is 0.345 e.